The molecular formula is C23H23FN4O3+2. The topological polar surface area (TPSA) is 92.3 Å². The molecule has 0 spiro atoms. The molecule has 1 atom stereocenters. The molecule has 0 bridgehead atoms. The molecule has 0 amide bonds. The van der Waals surface area contributed by atoms with Gasteiger partial charge in [0, 0.05) is 12.1 Å². The number of fused-ring (bicyclic) bond motifs is 1. The summed E-state index contributed by atoms with van der Waals surface area (Å²) in [5, 5.41) is 24.5. The molecule has 0 radical (unpaired) electrons. The van der Waals surface area contributed by atoms with Gasteiger partial charge in [0.05, 0.1) is 25.7 Å². The number of hydrogen-bond acceptors (Lipinski definition) is 3. The van der Waals surface area contributed by atoms with Crippen molar-refractivity contribution in [1.82, 2.24) is 4.57 Å². The largest absolute Gasteiger partial charge is 0.460 e. The van der Waals surface area contributed by atoms with Gasteiger partial charge in [-0.25, -0.2) is 8.96 Å². The summed E-state index contributed by atoms with van der Waals surface area (Å²) in [6, 6.07) is 14.7. The third-order valence-electron chi connectivity index (χ3n) is 5.51. The number of halogens is 1. The molecule has 0 aliphatic carbocycles. The Morgan fingerprint density at radius 2 is 1.81 bits per heavy atom. The fourth-order valence-corrected chi connectivity index (χ4v) is 3.92. The molecule has 1 aliphatic heterocycles. The Labute approximate surface area is 178 Å². The zero-order valence-corrected chi connectivity index (χ0v) is 17.3. The minimum Gasteiger partial charge on any atom is -0.460 e. The summed E-state index contributed by atoms with van der Waals surface area (Å²) in [6.45, 7) is 1.77. The molecule has 0 saturated carbocycles. The van der Waals surface area contributed by atoms with E-state index in [0.717, 1.165) is 4.57 Å². The van der Waals surface area contributed by atoms with Crippen LogP contribution in [0.3, 0.4) is 0 Å². The zero-order chi connectivity index (χ0) is 22.3. The summed E-state index contributed by atoms with van der Waals surface area (Å²) >= 11 is 0. The van der Waals surface area contributed by atoms with E-state index in [1.165, 1.54) is 23.7 Å². The number of anilines is 1. The number of para-hydroxylation sites is 1. The van der Waals surface area contributed by atoms with Crippen molar-refractivity contribution in [2.75, 3.05) is 5.32 Å². The number of aromatic nitrogens is 2. The van der Waals surface area contributed by atoms with E-state index in [1.54, 1.807) is 38.2 Å². The first-order chi connectivity index (χ1) is 14.8. The predicted molar refractivity (Wildman–Crippen MR) is 114 cm³/mol. The Morgan fingerprint density at radius 1 is 1.16 bits per heavy atom. The van der Waals surface area contributed by atoms with Crippen molar-refractivity contribution < 1.29 is 24.2 Å². The molecule has 3 aromatic rings. The number of hydrogen-bond donors (Lipinski definition) is 4. The third-order valence-corrected chi connectivity index (χ3v) is 5.51. The van der Waals surface area contributed by atoms with Crippen molar-refractivity contribution in [3.8, 4) is 6.01 Å². The van der Waals surface area contributed by atoms with Crippen LogP contribution in [0.2, 0.25) is 0 Å². The van der Waals surface area contributed by atoms with Crippen molar-refractivity contribution in [2.45, 2.75) is 12.8 Å². The lowest BCUT2D eigenvalue weighted by molar-refractivity contribution is -0.669. The predicted octanol–water partition coefficient (Wildman–Crippen LogP) is 1.25. The van der Waals surface area contributed by atoms with Crippen LogP contribution in [0.25, 0.3) is 0 Å². The lowest BCUT2D eigenvalue weighted by Gasteiger charge is -2.26. The molecule has 8 heteroatoms. The summed E-state index contributed by atoms with van der Waals surface area (Å²) < 4.78 is 16.2. The van der Waals surface area contributed by atoms with Gasteiger partial charge < -0.3 is 10.2 Å². The van der Waals surface area contributed by atoms with Crippen molar-refractivity contribution >= 4 is 17.4 Å². The van der Waals surface area contributed by atoms with Crippen molar-refractivity contribution in [3.63, 3.8) is 0 Å². The molecule has 2 aromatic carbocycles. The highest BCUT2D eigenvalue weighted by atomic mass is 19.1. The van der Waals surface area contributed by atoms with Crippen LogP contribution in [0, 0.1) is 5.82 Å². The fourth-order valence-electron chi connectivity index (χ4n) is 3.92. The number of aliphatic hydroxyl groups is 1. The van der Waals surface area contributed by atoms with Crippen LogP contribution in [-0.4, -0.2) is 20.7 Å². The minimum absolute atomic E-state index is 0.131. The summed E-state index contributed by atoms with van der Waals surface area (Å²) in [5.74, 6) is -0.823. The third kappa shape index (κ3) is 3.46. The van der Waals surface area contributed by atoms with Gasteiger partial charge >= 0.3 is 17.5 Å². The zero-order valence-electron chi connectivity index (χ0n) is 17.3. The molecule has 1 unspecified atom stereocenters. The van der Waals surface area contributed by atoms with Crippen LogP contribution >= 0.6 is 0 Å². The number of benzene rings is 2. The molecule has 4 rings (SSSR count). The van der Waals surface area contributed by atoms with E-state index < -0.39 is 17.3 Å². The summed E-state index contributed by atoms with van der Waals surface area (Å²) in [5.41, 5.74) is 2.24. The van der Waals surface area contributed by atoms with Crippen LogP contribution in [0.1, 0.15) is 24.0 Å². The molecule has 158 valence electrons. The SMILES string of the molecule is CC1=C(C(O)=[NH+]c2ccccc2)C(c2ccc(F)cc2)c2c([n+](C)c(O)n(C)c2=O)N1. The number of aromatic hydroxyl groups is 1. The van der Waals surface area contributed by atoms with Gasteiger partial charge in [-0.05, 0) is 24.6 Å². The van der Waals surface area contributed by atoms with Gasteiger partial charge in [0.15, 0.2) is 0 Å². The van der Waals surface area contributed by atoms with E-state index in [0.29, 0.717) is 33.9 Å². The first kappa shape index (κ1) is 20.3. The highest BCUT2D eigenvalue weighted by Crippen LogP contribution is 2.38. The summed E-state index contributed by atoms with van der Waals surface area (Å²) in [4.78, 5) is 16.2. The maximum absolute atomic E-state index is 13.6. The second-order valence-electron chi connectivity index (χ2n) is 7.47. The Kier molecular flexibility index (Phi) is 5.06. The number of allylic oxidation sites excluding steroid dienone is 1. The molecule has 31 heavy (non-hydrogen) atoms. The molecular weight excluding hydrogens is 399 g/mol. The van der Waals surface area contributed by atoms with Gasteiger partial charge in [-0.2, -0.15) is 9.56 Å². The Hall–Kier alpha value is -3.94. The van der Waals surface area contributed by atoms with Gasteiger partial charge in [0.1, 0.15) is 17.0 Å². The standard InChI is InChI=1S/C23H21FN4O3/c1-13-17(21(29)26-16-7-5-4-6-8-16)18(14-9-11-15(24)12-10-14)19-20(25-13)27(2)23(31)28(3)22(19)30/h4-12,18H,1-3H3,(H2,25,26,29,30)/p+2. The quantitative estimate of drug-likeness (QED) is 0.291. The second-order valence-corrected chi connectivity index (χ2v) is 7.47. The highest BCUT2D eigenvalue weighted by molar-refractivity contribution is 5.93. The van der Waals surface area contributed by atoms with E-state index in [4.69, 9.17) is 0 Å². The normalized spacial score (nSPS) is 16.1. The van der Waals surface area contributed by atoms with Gasteiger partial charge in [-0.15, -0.1) is 0 Å². The lowest BCUT2D eigenvalue weighted by atomic mass is 9.82. The molecule has 1 aromatic heterocycles. The smallest absolute Gasteiger partial charge is 0.399 e. The van der Waals surface area contributed by atoms with Gasteiger partial charge in [0.25, 0.3) is 0 Å². The Bertz CT molecular complexity index is 1280. The van der Waals surface area contributed by atoms with Crippen LogP contribution in [0.5, 0.6) is 6.01 Å². The maximum atomic E-state index is 13.6. The van der Waals surface area contributed by atoms with Gasteiger partial charge in [-0.1, -0.05) is 30.3 Å². The average Bonchev–Trinajstić information content (AvgIpc) is 2.76. The Balaban J connectivity index is 2.00. The van der Waals surface area contributed by atoms with Crippen LogP contribution in [0.4, 0.5) is 15.9 Å². The second kappa shape index (κ2) is 7.71. The van der Waals surface area contributed by atoms with Gasteiger partial charge in [0.2, 0.25) is 11.5 Å². The molecule has 4 N–H and O–H groups in total. The molecule has 0 fully saturated rings. The van der Waals surface area contributed by atoms with Gasteiger partial charge in [-0.3, -0.25) is 10.1 Å². The number of aliphatic hydroxyl groups excluding tert-OH is 1. The monoisotopic (exact) mass is 422 g/mol. The van der Waals surface area contributed by atoms with Crippen LogP contribution < -0.4 is 20.4 Å². The van der Waals surface area contributed by atoms with E-state index in [9.17, 15) is 19.4 Å². The van der Waals surface area contributed by atoms with E-state index in [2.05, 4.69) is 10.3 Å². The Morgan fingerprint density at radius 3 is 2.45 bits per heavy atom. The highest BCUT2D eigenvalue weighted by Gasteiger charge is 2.41. The van der Waals surface area contributed by atoms with E-state index in [1.807, 2.05) is 18.2 Å². The fraction of sp³-hybridized carbons (Fsp3) is 0.174. The number of rotatable bonds is 3. The average molecular weight is 422 g/mol. The first-order valence-electron chi connectivity index (χ1n) is 9.73. The first-order valence-corrected chi connectivity index (χ1v) is 9.73. The van der Waals surface area contributed by atoms with Crippen molar-refractivity contribution in [3.05, 3.63) is 93.2 Å². The van der Waals surface area contributed by atoms with E-state index in [-0.39, 0.29) is 11.9 Å². The number of nitrogens with one attached hydrogen (secondary N) is 2. The minimum atomic E-state index is -0.696. The van der Waals surface area contributed by atoms with Crippen LogP contribution in [0.15, 0.2) is 70.7 Å². The summed E-state index contributed by atoms with van der Waals surface area (Å²) in [6.07, 6.45) is 0. The van der Waals surface area contributed by atoms with Crippen molar-refractivity contribution in [1.29, 1.82) is 0 Å². The molecule has 0 saturated heterocycles. The molecule has 2 heterocycles. The molecule has 7 nitrogen and oxygen atoms in total. The van der Waals surface area contributed by atoms with E-state index >= 15 is 0 Å². The number of nitrogens with zero attached hydrogens (tertiary/aromatic N) is 2. The van der Waals surface area contributed by atoms with Crippen LogP contribution in [-0.2, 0) is 14.1 Å². The maximum Gasteiger partial charge on any atom is 0.399 e. The van der Waals surface area contributed by atoms with Crippen molar-refractivity contribution in [2.24, 2.45) is 14.1 Å². The molecule has 1 aliphatic rings. The summed E-state index contributed by atoms with van der Waals surface area (Å²) in [7, 11) is 3.10. The lowest BCUT2D eigenvalue weighted by Crippen LogP contribution is -2.67.